The first-order valence-corrected chi connectivity index (χ1v) is 6.40. The molecule has 0 heterocycles. The summed E-state index contributed by atoms with van der Waals surface area (Å²) in [6, 6.07) is 7.08. The van der Waals surface area contributed by atoms with Crippen LogP contribution in [0.25, 0.3) is 0 Å². The topological polar surface area (TPSA) is 52.6 Å². The highest BCUT2D eigenvalue weighted by Gasteiger charge is 2.25. The number of carbonyl (C=O) groups is 2. The van der Waals surface area contributed by atoms with Crippen molar-refractivity contribution >= 4 is 11.8 Å². The molecule has 0 N–H and O–H groups in total. The summed E-state index contributed by atoms with van der Waals surface area (Å²) in [7, 11) is 0. The fourth-order valence-electron chi connectivity index (χ4n) is 1.46. The zero-order chi connectivity index (χ0) is 15.2. The SMILES string of the molecule is C=CCOC(=O)Cc1cccc(OC(C)(C)C(C)=O)c1. The molecule has 0 amide bonds. The lowest BCUT2D eigenvalue weighted by atomic mass is 10.0. The Kier molecular flexibility index (Phi) is 5.50. The average molecular weight is 276 g/mol. The molecule has 1 aromatic carbocycles. The zero-order valence-corrected chi connectivity index (χ0v) is 12.1. The van der Waals surface area contributed by atoms with E-state index >= 15 is 0 Å². The summed E-state index contributed by atoms with van der Waals surface area (Å²) in [6.07, 6.45) is 1.68. The molecule has 0 aromatic heterocycles. The monoisotopic (exact) mass is 276 g/mol. The van der Waals surface area contributed by atoms with Gasteiger partial charge >= 0.3 is 5.97 Å². The van der Waals surface area contributed by atoms with Crippen LogP contribution in [0.1, 0.15) is 26.3 Å². The van der Waals surface area contributed by atoms with E-state index in [-0.39, 0.29) is 24.8 Å². The van der Waals surface area contributed by atoms with Gasteiger partial charge in [-0.3, -0.25) is 9.59 Å². The number of benzene rings is 1. The van der Waals surface area contributed by atoms with Gasteiger partial charge in [-0.15, -0.1) is 0 Å². The molecule has 0 fully saturated rings. The van der Waals surface area contributed by atoms with Crippen molar-refractivity contribution in [3.8, 4) is 5.75 Å². The van der Waals surface area contributed by atoms with E-state index in [9.17, 15) is 9.59 Å². The normalized spacial score (nSPS) is 10.8. The fourth-order valence-corrected chi connectivity index (χ4v) is 1.46. The number of ketones is 1. The Morgan fingerprint density at radius 3 is 2.65 bits per heavy atom. The third-order valence-corrected chi connectivity index (χ3v) is 2.83. The standard InChI is InChI=1S/C16H20O4/c1-5-9-19-15(18)11-13-7-6-8-14(10-13)20-16(3,4)12(2)17/h5-8,10H,1,9,11H2,2-4H3. The van der Waals surface area contributed by atoms with E-state index in [1.54, 1.807) is 32.0 Å². The predicted octanol–water partition coefficient (Wildman–Crippen LogP) is 2.70. The lowest BCUT2D eigenvalue weighted by Gasteiger charge is -2.23. The highest BCUT2D eigenvalue weighted by Crippen LogP contribution is 2.20. The molecule has 0 aliphatic carbocycles. The molecule has 20 heavy (non-hydrogen) atoms. The van der Waals surface area contributed by atoms with Crippen LogP contribution in [0.3, 0.4) is 0 Å². The Hall–Kier alpha value is -2.10. The molecule has 108 valence electrons. The van der Waals surface area contributed by atoms with Gasteiger partial charge in [-0.05, 0) is 38.5 Å². The third kappa shape index (κ3) is 4.88. The summed E-state index contributed by atoms with van der Waals surface area (Å²) in [5.41, 5.74) is -0.113. The van der Waals surface area contributed by atoms with Crippen molar-refractivity contribution in [3.05, 3.63) is 42.5 Å². The summed E-state index contributed by atoms with van der Waals surface area (Å²) < 4.78 is 10.6. The van der Waals surface area contributed by atoms with Crippen LogP contribution in [-0.4, -0.2) is 24.0 Å². The number of hydrogen-bond acceptors (Lipinski definition) is 4. The Morgan fingerprint density at radius 2 is 2.05 bits per heavy atom. The van der Waals surface area contributed by atoms with Crippen molar-refractivity contribution in [2.75, 3.05) is 6.61 Å². The fraction of sp³-hybridized carbons (Fsp3) is 0.375. The Bertz CT molecular complexity index is 503. The highest BCUT2D eigenvalue weighted by molar-refractivity contribution is 5.84. The second-order valence-electron chi connectivity index (χ2n) is 4.96. The number of Topliss-reactive ketones (excluding diaryl/α,β-unsaturated/α-hetero) is 1. The van der Waals surface area contributed by atoms with Gasteiger partial charge in [0.2, 0.25) is 0 Å². The summed E-state index contributed by atoms with van der Waals surface area (Å²) in [6.45, 7) is 8.58. The number of carbonyl (C=O) groups excluding carboxylic acids is 2. The van der Waals surface area contributed by atoms with Gasteiger partial charge in [0.15, 0.2) is 11.4 Å². The van der Waals surface area contributed by atoms with Gasteiger partial charge in [0.05, 0.1) is 6.42 Å². The molecule has 0 saturated heterocycles. The average Bonchev–Trinajstić information content (AvgIpc) is 2.36. The van der Waals surface area contributed by atoms with Crippen molar-refractivity contribution in [1.29, 1.82) is 0 Å². The highest BCUT2D eigenvalue weighted by atomic mass is 16.5. The Balaban J connectivity index is 2.73. The first-order chi connectivity index (χ1) is 9.35. The molecule has 0 spiro atoms. The quantitative estimate of drug-likeness (QED) is 0.567. The molecule has 0 aliphatic rings. The Labute approximate surface area is 119 Å². The van der Waals surface area contributed by atoms with Crippen LogP contribution >= 0.6 is 0 Å². The van der Waals surface area contributed by atoms with Crippen LogP contribution in [0.15, 0.2) is 36.9 Å². The lowest BCUT2D eigenvalue weighted by Crippen LogP contribution is -2.36. The second-order valence-corrected chi connectivity index (χ2v) is 4.96. The molecule has 0 unspecified atom stereocenters. The molecule has 1 rings (SSSR count). The summed E-state index contributed by atoms with van der Waals surface area (Å²) in [5, 5.41) is 0. The van der Waals surface area contributed by atoms with E-state index < -0.39 is 5.60 Å². The van der Waals surface area contributed by atoms with Crippen molar-refractivity contribution in [2.24, 2.45) is 0 Å². The van der Waals surface area contributed by atoms with E-state index in [0.29, 0.717) is 5.75 Å². The molecule has 0 aliphatic heterocycles. The number of esters is 1. The molecule has 0 radical (unpaired) electrons. The first kappa shape index (κ1) is 16.0. The van der Waals surface area contributed by atoms with Crippen LogP contribution < -0.4 is 4.74 Å². The van der Waals surface area contributed by atoms with Crippen molar-refractivity contribution in [1.82, 2.24) is 0 Å². The van der Waals surface area contributed by atoms with Gasteiger partial charge in [-0.25, -0.2) is 0 Å². The van der Waals surface area contributed by atoms with Gasteiger partial charge < -0.3 is 9.47 Å². The van der Waals surface area contributed by atoms with Crippen LogP contribution in [0.4, 0.5) is 0 Å². The molecule has 1 aromatic rings. The van der Waals surface area contributed by atoms with Crippen LogP contribution in [0, 0.1) is 0 Å². The number of hydrogen-bond donors (Lipinski definition) is 0. The number of rotatable bonds is 7. The van der Waals surface area contributed by atoms with Gasteiger partial charge in [0.1, 0.15) is 12.4 Å². The summed E-state index contributed by atoms with van der Waals surface area (Å²) >= 11 is 0. The molecule has 4 nitrogen and oxygen atoms in total. The van der Waals surface area contributed by atoms with Crippen LogP contribution in [0.2, 0.25) is 0 Å². The van der Waals surface area contributed by atoms with Crippen LogP contribution in [-0.2, 0) is 20.7 Å². The first-order valence-electron chi connectivity index (χ1n) is 6.40. The molecular formula is C16H20O4. The van der Waals surface area contributed by atoms with Gasteiger partial charge in [0.25, 0.3) is 0 Å². The maximum Gasteiger partial charge on any atom is 0.310 e. The van der Waals surface area contributed by atoms with Gasteiger partial charge in [0, 0.05) is 0 Å². The van der Waals surface area contributed by atoms with E-state index in [4.69, 9.17) is 9.47 Å². The van der Waals surface area contributed by atoms with Crippen molar-refractivity contribution in [3.63, 3.8) is 0 Å². The third-order valence-electron chi connectivity index (χ3n) is 2.83. The minimum atomic E-state index is -0.887. The van der Waals surface area contributed by atoms with Gasteiger partial charge in [-0.2, -0.15) is 0 Å². The predicted molar refractivity (Wildman–Crippen MR) is 76.7 cm³/mol. The smallest absolute Gasteiger partial charge is 0.310 e. The maximum atomic E-state index is 11.5. The van der Waals surface area contributed by atoms with E-state index in [1.165, 1.54) is 13.0 Å². The van der Waals surface area contributed by atoms with Gasteiger partial charge in [-0.1, -0.05) is 24.8 Å². The van der Waals surface area contributed by atoms with Crippen LogP contribution in [0.5, 0.6) is 5.75 Å². The largest absolute Gasteiger partial charge is 0.480 e. The van der Waals surface area contributed by atoms with E-state index in [2.05, 4.69) is 6.58 Å². The zero-order valence-electron chi connectivity index (χ0n) is 12.1. The van der Waals surface area contributed by atoms with E-state index in [1.807, 2.05) is 6.07 Å². The molecular weight excluding hydrogens is 256 g/mol. The van der Waals surface area contributed by atoms with Crippen molar-refractivity contribution in [2.45, 2.75) is 32.8 Å². The summed E-state index contributed by atoms with van der Waals surface area (Å²) in [5.74, 6) is 0.167. The Morgan fingerprint density at radius 1 is 1.35 bits per heavy atom. The maximum absolute atomic E-state index is 11.5. The molecule has 0 bridgehead atoms. The van der Waals surface area contributed by atoms with E-state index in [0.717, 1.165) is 5.56 Å². The summed E-state index contributed by atoms with van der Waals surface area (Å²) in [4.78, 5) is 23.0. The molecule has 0 saturated carbocycles. The van der Waals surface area contributed by atoms with Crippen molar-refractivity contribution < 1.29 is 19.1 Å². The minimum absolute atomic E-state index is 0.0618. The molecule has 4 heteroatoms. The molecule has 0 atom stereocenters. The minimum Gasteiger partial charge on any atom is -0.480 e. The number of ether oxygens (including phenoxy) is 2. The second kappa shape index (κ2) is 6.89. The lowest BCUT2D eigenvalue weighted by molar-refractivity contribution is -0.141.